The van der Waals surface area contributed by atoms with Crippen molar-refractivity contribution in [2.45, 2.75) is 38.3 Å². The highest BCUT2D eigenvalue weighted by Crippen LogP contribution is 2.29. The van der Waals surface area contributed by atoms with E-state index in [4.69, 9.17) is 22.1 Å². The van der Waals surface area contributed by atoms with E-state index >= 15 is 0 Å². The van der Waals surface area contributed by atoms with Gasteiger partial charge in [0.1, 0.15) is 24.2 Å². The van der Waals surface area contributed by atoms with Crippen LogP contribution in [0, 0.1) is 0 Å². The minimum Gasteiger partial charge on any atom is -0.443 e. The van der Waals surface area contributed by atoms with E-state index in [0.29, 0.717) is 17.5 Å². The lowest BCUT2D eigenvalue weighted by atomic mass is 9.98. The third-order valence-electron chi connectivity index (χ3n) is 6.41. The van der Waals surface area contributed by atoms with Gasteiger partial charge < -0.3 is 30.5 Å². The quantitative estimate of drug-likeness (QED) is 0.236. The van der Waals surface area contributed by atoms with Crippen molar-refractivity contribution >= 4 is 35.3 Å². The number of aliphatic hydroxyl groups is 1. The molecule has 1 saturated heterocycles. The number of carbonyl (C=O) groups excluding carboxylic acids is 3. The van der Waals surface area contributed by atoms with Crippen LogP contribution in [-0.2, 0) is 27.5 Å². The topological polar surface area (TPSA) is 144 Å². The fourth-order valence-corrected chi connectivity index (χ4v) is 4.38. The van der Waals surface area contributed by atoms with Gasteiger partial charge in [-0.3, -0.25) is 9.59 Å². The molecule has 0 aliphatic carbocycles. The van der Waals surface area contributed by atoms with Crippen LogP contribution in [0.2, 0.25) is 5.02 Å². The van der Waals surface area contributed by atoms with Crippen LogP contribution in [0.4, 0.5) is 13.6 Å². The van der Waals surface area contributed by atoms with Crippen molar-refractivity contribution in [3.8, 4) is 5.75 Å². The van der Waals surface area contributed by atoms with Crippen molar-refractivity contribution in [1.29, 1.82) is 0 Å². The Labute approximate surface area is 244 Å². The first-order chi connectivity index (χ1) is 20.1. The maximum absolute atomic E-state index is 12.9. The first-order valence-electron chi connectivity index (χ1n) is 12.8. The molecule has 1 aliphatic heterocycles. The smallest absolute Gasteiger partial charge is 0.435 e. The minimum absolute atomic E-state index is 0.00468. The zero-order chi connectivity index (χ0) is 30.2. The van der Waals surface area contributed by atoms with Crippen molar-refractivity contribution in [2.24, 2.45) is 10.7 Å². The number of hydrogen-bond donors (Lipinski definition) is 3. The fourth-order valence-electron chi connectivity index (χ4n) is 4.15. The molecule has 0 unspecified atom stereocenters. The number of aliphatic hydroxyl groups excluding tert-OH is 1. The summed E-state index contributed by atoms with van der Waals surface area (Å²) in [5.74, 6) is -1.54. The molecule has 220 valence electrons. The molecule has 0 spiro atoms. The zero-order valence-corrected chi connectivity index (χ0v) is 22.8. The molecule has 3 amide bonds. The summed E-state index contributed by atoms with van der Waals surface area (Å²) in [6.45, 7) is -2.67. The molecule has 3 aromatic rings. The van der Waals surface area contributed by atoms with Crippen molar-refractivity contribution in [3.63, 3.8) is 0 Å². The predicted molar refractivity (Wildman–Crippen MR) is 149 cm³/mol. The second-order valence-corrected chi connectivity index (χ2v) is 9.73. The average molecular weight is 601 g/mol. The summed E-state index contributed by atoms with van der Waals surface area (Å²) in [5.41, 5.74) is 7.90. The monoisotopic (exact) mass is 600 g/mol. The molecular formula is C29H27ClF2N4O6. The first kappa shape index (κ1) is 30.4. The Kier molecular flexibility index (Phi) is 10.0. The van der Waals surface area contributed by atoms with Crippen LogP contribution in [0.3, 0.4) is 0 Å². The van der Waals surface area contributed by atoms with Crippen LogP contribution in [0.1, 0.15) is 34.8 Å². The molecule has 1 aliphatic rings. The van der Waals surface area contributed by atoms with Crippen LogP contribution >= 0.6 is 11.6 Å². The molecule has 0 bridgehead atoms. The van der Waals surface area contributed by atoms with E-state index in [2.05, 4.69) is 15.0 Å². The Morgan fingerprint density at radius 2 is 1.79 bits per heavy atom. The van der Waals surface area contributed by atoms with Crippen molar-refractivity contribution in [3.05, 3.63) is 100 Å². The predicted octanol–water partition coefficient (Wildman–Crippen LogP) is 3.93. The largest absolute Gasteiger partial charge is 0.443 e. The number of aliphatic imine (C=N–C) groups is 1. The summed E-state index contributed by atoms with van der Waals surface area (Å²) in [6, 6.07) is 18.5. The van der Waals surface area contributed by atoms with E-state index < -0.39 is 36.7 Å². The number of nitrogens with zero attached hydrogens (tertiary/aromatic N) is 2. The van der Waals surface area contributed by atoms with Gasteiger partial charge in [0.15, 0.2) is 6.10 Å². The lowest BCUT2D eigenvalue weighted by molar-refractivity contribution is -0.154. The average Bonchev–Trinajstić information content (AvgIpc) is 2.94. The van der Waals surface area contributed by atoms with Gasteiger partial charge in [-0.2, -0.15) is 13.8 Å². The van der Waals surface area contributed by atoms with E-state index in [1.807, 2.05) is 30.3 Å². The number of amides is 3. The molecule has 10 nitrogen and oxygen atoms in total. The Balaban J connectivity index is 1.28. The molecule has 4 N–H and O–H groups in total. The number of rotatable bonds is 10. The lowest BCUT2D eigenvalue weighted by Gasteiger charge is -2.40. The van der Waals surface area contributed by atoms with Crippen LogP contribution in [-0.4, -0.2) is 52.9 Å². The standard InChI is InChI=1S/C29H27ClF2N4O6/c30-21-12-20(13-22(14-21)42-28(31)32)24(37)27(39)36-11-10-23(36)26(38)34-15-17-6-8-19(9-7-17)25(33)35-29(40)41-16-18-4-2-1-3-5-18/h1-9,12-14,23-24,28,37H,10-11,15-16H2,(H,34,38)(H2,33,35,40)/t23-,24+/m0/s1. The molecule has 0 aromatic heterocycles. The molecule has 1 heterocycles. The molecule has 42 heavy (non-hydrogen) atoms. The van der Waals surface area contributed by atoms with Gasteiger partial charge in [-0.1, -0.05) is 66.2 Å². The number of likely N-dealkylation sites (tertiary alicyclic amines) is 1. The maximum atomic E-state index is 12.9. The summed E-state index contributed by atoms with van der Waals surface area (Å²) in [7, 11) is 0. The summed E-state index contributed by atoms with van der Waals surface area (Å²) >= 11 is 5.91. The molecular weight excluding hydrogens is 574 g/mol. The molecule has 4 rings (SSSR count). The zero-order valence-electron chi connectivity index (χ0n) is 22.1. The van der Waals surface area contributed by atoms with Gasteiger partial charge in [-0.25, -0.2) is 4.79 Å². The van der Waals surface area contributed by atoms with Crippen molar-refractivity contribution in [1.82, 2.24) is 10.2 Å². The van der Waals surface area contributed by atoms with Gasteiger partial charge in [-0.05, 0) is 41.3 Å². The summed E-state index contributed by atoms with van der Waals surface area (Å²) in [5, 5.41) is 13.3. The number of halogens is 3. The van der Waals surface area contributed by atoms with Gasteiger partial charge >= 0.3 is 12.7 Å². The maximum Gasteiger partial charge on any atom is 0.435 e. The van der Waals surface area contributed by atoms with E-state index in [0.717, 1.165) is 17.7 Å². The minimum atomic E-state index is -3.11. The third-order valence-corrected chi connectivity index (χ3v) is 6.63. The fraction of sp³-hybridized carbons (Fsp3) is 0.241. The van der Waals surface area contributed by atoms with Crippen LogP contribution in [0.15, 0.2) is 77.8 Å². The Morgan fingerprint density at radius 3 is 2.43 bits per heavy atom. The van der Waals surface area contributed by atoms with Crippen molar-refractivity contribution in [2.75, 3.05) is 6.54 Å². The SMILES string of the molecule is N/C(=N\C(=O)OCc1ccccc1)c1ccc(CNC(=O)[C@@H]2CCN2C(=O)[C@H](O)c2cc(Cl)cc(OC(F)F)c2)cc1. The van der Waals surface area contributed by atoms with E-state index in [9.17, 15) is 28.3 Å². The number of ether oxygens (including phenoxy) is 2. The number of hydrogen-bond acceptors (Lipinski definition) is 6. The number of nitrogens with one attached hydrogen (secondary N) is 1. The van der Waals surface area contributed by atoms with Crippen LogP contribution < -0.4 is 15.8 Å². The van der Waals surface area contributed by atoms with E-state index in [1.54, 1.807) is 24.3 Å². The number of benzene rings is 3. The lowest BCUT2D eigenvalue weighted by Crippen LogP contribution is -2.59. The summed E-state index contributed by atoms with van der Waals surface area (Å²) in [4.78, 5) is 42.6. The van der Waals surface area contributed by atoms with E-state index in [1.165, 1.54) is 11.0 Å². The van der Waals surface area contributed by atoms with Gasteiger partial charge in [0, 0.05) is 23.7 Å². The van der Waals surface area contributed by atoms with Gasteiger partial charge in [-0.15, -0.1) is 0 Å². The molecule has 2 atom stereocenters. The number of carbonyl (C=O) groups is 3. The first-order valence-corrected chi connectivity index (χ1v) is 13.1. The molecule has 0 radical (unpaired) electrons. The van der Waals surface area contributed by atoms with Gasteiger partial charge in [0.05, 0.1) is 0 Å². The number of amidine groups is 1. The highest BCUT2D eigenvalue weighted by Gasteiger charge is 2.40. The molecule has 13 heteroatoms. The number of alkyl halides is 2. The second-order valence-electron chi connectivity index (χ2n) is 9.29. The third kappa shape index (κ3) is 8.02. The van der Waals surface area contributed by atoms with Crippen LogP contribution in [0.25, 0.3) is 0 Å². The summed E-state index contributed by atoms with van der Waals surface area (Å²) in [6.07, 6.45) is -2.17. The Bertz CT molecular complexity index is 1460. The van der Waals surface area contributed by atoms with Gasteiger partial charge in [0.2, 0.25) is 5.91 Å². The van der Waals surface area contributed by atoms with Crippen molar-refractivity contribution < 1.29 is 37.7 Å². The summed E-state index contributed by atoms with van der Waals surface area (Å²) < 4.78 is 34.6. The Morgan fingerprint density at radius 1 is 1.07 bits per heavy atom. The normalized spacial score (nSPS) is 15.5. The molecule has 0 saturated carbocycles. The number of nitrogens with two attached hydrogens (primary N) is 1. The van der Waals surface area contributed by atoms with Crippen LogP contribution in [0.5, 0.6) is 5.75 Å². The van der Waals surface area contributed by atoms with E-state index in [-0.39, 0.29) is 41.9 Å². The molecule has 1 fully saturated rings. The Hall–Kier alpha value is -4.55. The molecule has 3 aromatic carbocycles. The second kappa shape index (κ2) is 13.9. The highest BCUT2D eigenvalue weighted by atomic mass is 35.5. The highest BCUT2D eigenvalue weighted by molar-refractivity contribution is 6.30. The van der Waals surface area contributed by atoms with Gasteiger partial charge in [0.25, 0.3) is 5.91 Å².